The van der Waals surface area contributed by atoms with Gasteiger partial charge in [-0.15, -0.1) is 0 Å². The lowest BCUT2D eigenvalue weighted by Crippen LogP contribution is -2.33. The maximum atomic E-state index is 13.0. The molecule has 0 saturated heterocycles. The Bertz CT molecular complexity index is 1040. The summed E-state index contributed by atoms with van der Waals surface area (Å²) in [5.41, 5.74) is -0.0687. The van der Waals surface area contributed by atoms with Crippen LogP contribution in [0.5, 0.6) is 0 Å². The highest BCUT2D eigenvalue weighted by Crippen LogP contribution is 2.30. The Kier molecular flexibility index (Phi) is 5.58. The standard InChI is InChI=1S/C20H18F3N3O3/c1-12-17(18(27)19(28)24-9-8-16-7-4-10-29-16)13(2)26(25-12)15-6-3-5-14(11-15)20(21,22)23/h3-7,10-11H,8-9H2,1-2H3,(H,24,28). The maximum absolute atomic E-state index is 13.0. The lowest BCUT2D eigenvalue weighted by Gasteiger charge is -2.10. The van der Waals surface area contributed by atoms with Crippen LogP contribution < -0.4 is 5.32 Å². The minimum atomic E-state index is -4.50. The summed E-state index contributed by atoms with van der Waals surface area (Å²) in [4.78, 5) is 24.8. The molecule has 9 heteroatoms. The fourth-order valence-electron chi connectivity index (χ4n) is 2.98. The molecule has 0 saturated carbocycles. The van der Waals surface area contributed by atoms with Crippen LogP contribution in [0.2, 0.25) is 0 Å². The first-order valence-corrected chi connectivity index (χ1v) is 8.77. The molecule has 0 aliphatic rings. The zero-order chi connectivity index (χ0) is 21.2. The minimum Gasteiger partial charge on any atom is -0.469 e. The third kappa shape index (κ3) is 4.39. The van der Waals surface area contributed by atoms with E-state index in [-0.39, 0.29) is 29.2 Å². The average Bonchev–Trinajstić information content (AvgIpc) is 3.28. The summed E-state index contributed by atoms with van der Waals surface area (Å²) in [6.45, 7) is 3.27. The molecule has 0 spiro atoms. The van der Waals surface area contributed by atoms with E-state index in [4.69, 9.17) is 4.42 Å². The van der Waals surface area contributed by atoms with Gasteiger partial charge in [0.1, 0.15) is 5.76 Å². The van der Waals surface area contributed by atoms with E-state index in [1.807, 2.05) is 0 Å². The average molecular weight is 405 g/mol. The summed E-state index contributed by atoms with van der Waals surface area (Å²) in [7, 11) is 0. The number of carbonyl (C=O) groups is 2. The summed E-state index contributed by atoms with van der Waals surface area (Å²) in [6.07, 6.45) is -2.57. The molecule has 152 valence electrons. The summed E-state index contributed by atoms with van der Waals surface area (Å²) in [6, 6.07) is 8.08. The van der Waals surface area contributed by atoms with Gasteiger partial charge in [-0.3, -0.25) is 9.59 Å². The maximum Gasteiger partial charge on any atom is 0.416 e. The van der Waals surface area contributed by atoms with Crippen LogP contribution in [-0.2, 0) is 17.4 Å². The second kappa shape index (κ2) is 7.94. The van der Waals surface area contributed by atoms with Gasteiger partial charge < -0.3 is 9.73 Å². The molecule has 0 unspecified atom stereocenters. The molecular weight excluding hydrogens is 387 g/mol. The number of halogens is 3. The number of Topliss-reactive ketones (excluding diaryl/α,β-unsaturated/α-hetero) is 1. The smallest absolute Gasteiger partial charge is 0.416 e. The van der Waals surface area contributed by atoms with Crippen LogP contribution in [0, 0.1) is 13.8 Å². The summed E-state index contributed by atoms with van der Waals surface area (Å²) < 4.78 is 45.3. The van der Waals surface area contributed by atoms with Crippen molar-refractivity contribution in [2.45, 2.75) is 26.4 Å². The number of ketones is 1. The zero-order valence-corrected chi connectivity index (χ0v) is 15.7. The predicted molar refractivity (Wildman–Crippen MR) is 97.8 cm³/mol. The van der Waals surface area contributed by atoms with Crippen LogP contribution in [0.25, 0.3) is 5.69 Å². The van der Waals surface area contributed by atoms with E-state index in [9.17, 15) is 22.8 Å². The molecule has 0 aliphatic heterocycles. The van der Waals surface area contributed by atoms with Gasteiger partial charge in [-0.1, -0.05) is 6.07 Å². The molecular formula is C20H18F3N3O3. The fourth-order valence-corrected chi connectivity index (χ4v) is 2.98. The molecule has 2 heterocycles. The minimum absolute atomic E-state index is 0.0675. The summed E-state index contributed by atoms with van der Waals surface area (Å²) in [5, 5.41) is 6.68. The van der Waals surface area contributed by atoms with E-state index in [2.05, 4.69) is 10.4 Å². The Hall–Kier alpha value is -3.36. The molecule has 0 aliphatic carbocycles. The highest BCUT2D eigenvalue weighted by Gasteiger charge is 2.31. The van der Waals surface area contributed by atoms with E-state index in [0.717, 1.165) is 12.1 Å². The molecule has 0 bridgehead atoms. The van der Waals surface area contributed by atoms with Gasteiger partial charge in [-0.2, -0.15) is 18.3 Å². The van der Waals surface area contributed by atoms with Crippen molar-refractivity contribution in [1.29, 1.82) is 0 Å². The van der Waals surface area contributed by atoms with Gasteiger partial charge in [0.25, 0.3) is 11.7 Å². The number of hydrogen-bond donors (Lipinski definition) is 1. The number of aromatic nitrogens is 2. The molecule has 0 atom stereocenters. The third-order valence-electron chi connectivity index (χ3n) is 4.38. The molecule has 1 amide bonds. The highest BCUT2D eigenvalue weighted by molar-refractivity contribution is 6.43. The molecule has 3 rings (SSSR count). The highest BCUT2D eigenvalue weighted by atomic mass is 19.4. The van der Waals surface area contributed by atoms with E-state index in [1.165, 1.54) is 36.9 Å². The second-order valence-corrected chi connectivity index (χ2v) is 6.42. The SMILES string of the molecule is Cc1nn(-c2cccc(C(F)(F)F)c2)c(C)c1C(=O)C(=O)NCCc1ccco1. The van der Waals surface area contributed by atoms with Crippen LogP contribution in [0.3, 0.4) is 0 Å². The number of carbonyl (C=O) groups excluding carboxylic acids is 2. The van der Waals surface area contributed by atoms with Crippen molar-refractivity contribution < 1.29 is 27.2 Å². The predicted octanol–water partition coefficient (Wildman–Crippen LogP) is 3.64. The number of hydrogen-bond acceptors (Lipinski definition) is 4. The van der Waals surface area contributed by atoms with Crippen molar-refractivity contribution in [2.75, 3.05) is 6.54 Å². The number of aryl methyl sites for hydroxylation is 1. The lowest BCUT2D eigenvalue weighted by atomic mass is 10.1. The van der Waals surface area contributed by atoms with Crippen molar-refractivity contribution in [3.05, 3.63) is 70.9 Å². The molecule has 1 aromatic carbocycles. The monoisotopic (exact) mass is 405 g/mol. The lowest BCUT2D eigenvalue weighted by molar-refractivity contribution is -0.137. The summed E-state index contributed by atoms with van der Waals surface area (Å²) in [5.74, 6) is -0.938. The molecule has 0 fully saturated rings. The van der Waals surface area contributed by atoms with Crippen molar-refractivity contribution >= 4 is 11.7 Å². The number of alkyl halides is 3. The number of rotatable bonds is 6. The number of benzene rings is 1. The Morgan fingerprint density at radius 3 is 2.59 bits per heavy atom. The van der Waals surface area contributed by atoms with Gasteiger partial charge in [0.05, 0.1) is 34.5 Å². The van der Waals surface area contributed by atoms with Gasteiger partial charge in [0.2, 0.25) is 0 Å². The van der Waals surface area contributed by atoms with Gasteiger partial charge in [-0.25, -0.2) is 4.68 Å². The van der Waals surface area contributed by atoms with Crippen LogP contribution in [-0.4, -0.2) is 28.0 Å². The second-order valence-electron chi connectivity index (χ2n) is 6.42. The Labute approximate surface area is 164 Å². The van der Waals surface area contributed by atoms with Crippen LogP contribution in [0.4, 0.5) is 13.2 Å². The van der Waals surface area contributed by atoms with E-state index in [0.29, 0.717) is 12.2 Å². The van der Waals surface area contributed by atoms with Crippen LogP contribution in [0.15, 0.2) is 47.1 Å². The zero-order valence-electron chi connectivity index (χ0n) is 15.7. The van der Waals surface area contributed by atoms with Crippen LogP contribution >= 0.6 is 0 Å². The molecule has 6 nitrogen and oxygen atoms in total. The van der Waals surface area contributed by atoms with Crippen LogP contribution in [0.1, 0.15) is 33.1 Å². The van der Waals surface area contributed by atoms with E-state index in [1.54, 1.807) is 12.1 Å². The molecule has 1 N–H and O–H groups in total. The topological polar surface area (TPSA) is 77.1 Å². The van der Waals surface area contributed by atoms with Gasteiger partial charge >= 0.3 is 6.18 Å². The van der Waals surface area contributed by atoms with Crippen molar-refractivity contribution in [2.24, 2.45) is 0 Å². The quantitative estimate of drug-likeness (QED) is 0.502. The number of furan rings is 1. The Morgan fingerprint density at radius 1 is 1.17 bits per heavy atom. The number of amides is 1. The molecule has 29 heavy (non-hydrogen) atoms. The molecule has 3 aromatic rings. The van der Waals surface area contributed by atoms with Crippen molar-refractivity contribution in [3.63, 3.8) is 0 Å². The Balaban J connectivity index is 1.80. The van der Waals surface area contributed by atoms with E-state index >= 15 is 0 Å². The largest absolute Gasteiger partial charge is 0.469 e. The van der Waals surface area contributed by atoms with Crippen molar-refractivity contribution in [1.82, 2.24) is 15.1 Å². The number of nitrogens with zero attached hydrogens (tertiary/aromatic N) is 2. The van der Waals surface area contributed by atoms with Gasteiger partial charge in [-0.05, 0) is 44.2 Å². The third-order valence-corrected chi connectivity index (χ3v) is 4.38. The van der Waals surface area contributed by atoms with Gasteiger partial charge in [0, 0.05) is 13.0 Å². The molecule has 2 aromatic heterocycles. The summed E-state index contributed by atoms with van der Waals surface area (Å²) >= 11 is 0. The normalized spacial score (nSPS) is 11.5. The van der Waals surface area contributed by atoms with Crippen molar-refractivity contribution in [3.8, 4) is 5.69 Å². The Morgan fingerprint density at radius 2 is 1.93 bits per heavy atom. The first-order chi connectivity index (χ1) is 13.7. The fraction of sp³-hybridized carbons (Fsp3) is 0.250. The molecule has 0 radical (unpaired) electrons. The number of nitrogens with one attached hydrogen (secondary N) is 1. The van der Waals surface area contributed by atoms with Gasteiger partial charge in [0.15, 0.2) is 0 Å². The first kappa shape index (κ1) is 20.4. The van der Waals surface area contributed by atoms with E-state index < -0.39 is 23.4 Å². The first-order valence-electron chi connectivity index (χ1n) is 8.77.